The molecule has 6 nitrogen and oxygen atoms in total. The first-order valence-corrected chi connectivity index (χ1v) is 6.29. The van der Waals surface area contributed by atoms with Crippen LogP contribution in [0.5, 0.6) is 0 Å². The van der Waals surface area contributed by atoms with Gasteiger partial charge in [0.05, 0.1) is 12.4 Å². The van der Waals surface area contributed by atoms with Gasteiger partial charge in [-0.2, -0.15) is 0 Å². The highest BCUT2D eigenvalue weighted by Gasteiger charge is 2.24. The number of anilines is 1. The zero-order valence-electron chi connectivity index (χ0n) is 10.6. The molecule has 98 valence electrons. The molecule has 1 heterocycles. The SMILES string of the molecule is CCCN(CC1CC1)c1cnc(C(N)=NO)cn1. The van der Waals surface area contributed by atoms with Crippen molar-refractivity contribution in [1.29, 1.82) is 0 Å². The number of hydrogen-bond acceptors (Lipinski definition) is 5. The first-order chi connectivity index (χ1) is 8.74. The van der Waals surface area contributed by atoms with Crippen LogP contribution in [0.2, 0.25) is 0 Å². The van der Waals surface area contributed by atoms with Gasteiger partial charge in [-0.05, 0) is 25.2 Å². The van der Waals surface area contributed by atoms with Crippen molar-refractivity contribution in [3.8, 4) is 0 Å². The third-order valence-electron chi connectivity index (χ3n) is 3.00. The number of nitrogens with zero attached hydrogens (tertiary/aromatic N) is 4. The van der Waals surface area contributed by atoms with E-state index in [0.29, 0.717) is 5.69 Å². The monoisotopic (exact) mass is 249 g/mol. The number of nitrogens with two attached hydrogens (primary N) is 1. The summed E-state index contributed by atoms with van der Waals surface area (Å²) in [7, 11) is 0. The van der Waals surface area contributed by atoms with Crippen LogP contribution in [0.4, 0.5) is 5.82 Å². The molecule has 0 unspecified atom stereocenters. The molecule has 0 spiro atoms. The van der Waals surface area contributed by atoms with Gasteiger partial charge in [-0.25, -0.2) is 9.97 Å². The van der Waals surface area contributed by atoms with Crippen LogP contribution in [0, 0.1) is 5.92 Å². The molecule has 0 saturated heterocycles. The van der Waals surface area contributed by atoms with Crippen molar-refractivity contribution in [3.63, 3.8) is 0 Å². The molecule has 0 amide bonds. The Labute approximate surface area is 107 Å². The first kappa shape index (κ1) is 12.6. The van der Waals surface area contributed by atoms with Gasteiger partial charge in [-0.3, -0.25) is 0 Å². The van der Waals surface area contributed by atoms with E-state index < -0.39 is 0 Å². The quantitative estimate of drug-likeness (QED) is 0.342. The molecule has 1 saturated carbocycles. The predicted octanol–water partition coefficient (Wildman–Crippen LogP) is 1.20. The summed E-state index contributed by atoms with van der Waals surface area (Å²) in [6.45, 7) is 4.18. The van der Waals surface area contributed by atoms with Crippen molar-refractivity contribution in [2.24, 2.45) is 16.8 Å². The third-order valence-corrected chi connectivity index (χ3v) is 3.00. The molecule has 18 heavy (non-hydrogen) atoms. The summed E-state index contributed by atoms with van der Waals surface area (Å²) in [5, 5.41) is 11.5. The number of oxime groups is 1. The molecule has 1 aliphatic rings. The van der Waals surface area contributed by atoms with Crippen LogP contribution in [-0.4, -0.2) is 34.1 Å². The van der Waals surface area contributed by atoms with E-state index in [-0.39, 0.29) is 5.84 Å². The van der Waals surface area contributed by atoms with Crippen LogP contribution in [0.15, 0.2) is 17.5 Å². The second kappa shape index (κ2) is 5.66. The molecule has 2 rings (SSSR count). The van der Waals surface area contributed by atoms with Gasteiger partial charge in [0.25, 0.3) is 0 Å². The standard InChI is InChI=1S/C12H19N5O/c1-2-5-17(8-9-3-4-9)11-7-14-10(6-15-11)12(13)16-18/h6-7,9,18H,2-5,8H2,1H3,(H2,13,16). The minimum absolute atomic E-state index is 0.0155. The molecular weight excluding hydrogens is 230 g/mol. The lowest BCUT2D eigenvalue weighted by molar-refractivity contribution is 0.318. The smallest absolute Gasteiger partial charge is 0.190 e. The van der Waals surface area contributed by atoms with E-state index in [4.69, 9.17) is 10.9 Å². The number of hydrogen-bond donors (Lipinski definition) is 2. The molecule has 0 atom stereocenters. The molecule has 1 aromatic heterocycles. The number of rotatable bonds is 6. The topological polar surface area (TPSA) is 87.6 Å². The van der Waals surface area contributed by atoms with Gasteiger partial charge in [0, 0.05) is 13.1 Å². The lowest BCUT2D eigenvalue weighted by Crippen LogP contribution is -2.28. The summed E-state index contributed by atoms with van der Waals surface area (Å²) >= 11 is 0. The fourth-order valence-corrected chi connectivity index (χ4v) is 1.85. The van der Waals surface area contributed by atoms with Gasteiger partial charge >= 0.3 is 0 Å². The van der Waals surface area contributed by atoms with Crippen LogP contribution in [-0.2, 0) is 0 Å². The van der Waals surface area contributed by atoms with Gasteiger partial charge in [0.15, 0.2) is 5.84 Å². The summed E-state index contributed by atoms with van der Waals surface area (Å²) in [5.41, 5.74) is 5.85. The van der Waals surface area contributed by atoms with Gasteiger partial charge in [0.1, 0.15) is 11.5 Å². The van der Waals surface area contributed by atoms with Crippen LogP contribution in [0.3, 0.4) is 0 Å². The number of amidine groups is 1. The van der Waals surface area contributed by atoms with Crippen molar-refractivity contribution in [2.45, 2.75) is 26.2 Å². The normalized spacial score (nSPS) is 15.7. The zero-order chi connectivity index (χ0) is 13.0. The van der Waals surface area contributed by atoms with E-state index in [9.17, 15) is 0 Å². The molecular formula is C12H19N5O. The Morgan fingerprint density at radius 3 is 2.78 bits per heavy atom. The van der Waals surface area contributed by atoms with E-state index >= 15 is 0 Å². The second-order valence-corrected chi connectivity index (χ2v) is 4.63. The van der Waals surface area contributed by atoms with Crippen LogP contribution in [0.1, 0.15) is 31.9 Å². The molecule has 1 fully saturated rings. The summed E-state index contributed by atoms with van der Waals surface area (Å²) < 4.78 is 0. The van der Waals surface area contributed by atoms with Crippen LogP contribution in [0.25, 0.3) is 0 Å². The summed E-state index contributed by atoms with van der Waals surface area (Å²) in [6, 6.07) is 0. The minimum Gasteiger partial charge on any atom is -0.409 e. The van der Waals surface area contributed by atoms with Gasteiger partial charge in [0.2, 0.25) is 0 Å². The molecule has 0 aromatic carbocycles. The van der Waals surface area contributed by atoms with E-state index in [1.54, 1.807) is 12.4 Å². The van der Waals surface area contributed by atoms with E-state index in [2.05, 4.69) is 26.9 Å². The molecule has 6 heteroatoms. The Morgan fingerprint density at radius 1 is 1.50 bits per heavy atom. The maximum atomic E-state index is 8.56. The van der Waals surface area contributed by atoms with Crippen LogP contribution >= 0.6 is 0 Å². The average Bonchev–Trinajstić information content (AvgIpc) is 3.21. The lowest BCUT2D eigenvalue weighted by atomic mass is 10.3. The van der Waals surface area contributed by atoms with Gasteiger partial charge < -0.3 is 15.8 Å². The molecule has 0 aliphatic heterocycles. The minimum atomic E-state index is -0.0155. The van der Waals surface area contributed by atoms with E-state index in [1.165, 1.54) is 12.8 Å². The van der Waals surface area contributed by atoms with Crippen molar-refractivity contribution in [3.05, 3.63) is 18.1 Å². The van der Waals surface area contributed by atoms with Crippen molar-refractivity contribution in [2.75, 3.05) is 18.0 Å². The highest BCUT2D eigenvalue weighted by Crippen LogP contribution is 2.30. The fraction of sp³-hybridized carbons (Fsp3) is 0.583. The average molecular weight is 249 g/mol. The largest absolute Gasteiger partial charge is 0.409 e. The summed E-state index contributed by atoms with van der Waals surface area (Å²) in [6.07, 6.45) is 6.94. The lowest BCUT2D eigenvalue weighted by Gasteiger charge is -2.22. The zero-order valence-corrected chi connectivity index (χ0v) is 10.6. The molecule has 0 radical (unpaired) electrons. The van der Waals surface area contributed by atoms with Crippen molar-refractivity contribution >= 4 is 11.7 Å². The third kappa shape index (κ3) is 3.09. The Hall–Kier alpha value is -1.85. The maximum Gasteiger partial charge on any atom is 0.190 e. The van der Waals surface area contributed by atoms with Crippen LogP contribution < -0.4 is 10.6 Å². The Bertz CT molecular complexity index is 413. The molecule has 3 N–H and O–H groups in total. The van der Waals surface area contributed by atoms with Gasteiger partial charge in [-0.15, -0.1) is 0 Å². The fourth-order valence-electron chi connectivity index (χ4n) is 1.85. The Morgan fingerprint density at radius 2 is 2.28 bits per heavy atom. The number of aromatic nitrogens is 2. The van der Waals surface area contributed by atoms with Crippen molar-refractivity contribution in [1.82, 2.24) is 9.97 Å². The highest BCUT2D eigenvalue weighted by molar-refractivity contribution is 5.94. The van der Waals surface area contributed by atoms with Gasteiger partial charge in [-0.1, -0.05) is 12.1 Å². The first-order valence-electron chi connectivity index (χ1n) is 6.29. The second-order valence-electron chi connectivity index (χ2n) is 4.63. The molecule has 1 aliphatic carbocycles. The maximum absolute atomic E-state index is 8.56. The summed E-state index contributed by atoms with van der Waals surface area (Å²) in [5.74, 6) is 1.65. The molecule has 1 aromatic rings. The predicted molar refractivity (Wildman–Crippen MR) is 69.8 cm³/mol. The molecule has 0 bridgehead atoms. The Kier molecular flexibility index (Phi) is 3.96. The van der Waals surface area contributed by atoms with Crippen molar-refractivity contribution < 1.29 is 5.21 Å². The highest BCUT2D eigenvalue weighted by atomic mass is 16.4. The Balaban J connectivity index is 2.09. The van der Waals surface area contributed by atoms with E-state index in [0.717, 1.165) is 31.2 Å². The van der Waals surface area contributed by atoms with E-state index in [1.807, 2.05) is 0 Å². The summed E-state index contributed by atoms with van der Waals surface area (Å²) in [4.78, 5) is 10.8.